The number of hydrogen-bond donors (Lipinski definition) is 0. The van der Waals surface area contributed by atoms with Crippen LogP contribution in [0.2, 0.25) is 5.02 Å². The Labute approximate surface area is 109 Å². The Kier molecular flexibility index (Phi) is 2.82. The molecule has 88 valence electrons. The lowest BCUT2D eigenvalue weighted by Crippen LogP contribution is -1.77. The van der Waals surface area contributed by atoms with Gasteiger partial charge in [-0.2, -0.15) is 0 Å². The summed E-state index contributed by atoms with van der Waals surface area (Å²) in [6.45, 7) is 0. The van der Waals surface area contributed by atoms with Crippen molar-refractivity contribution in [3.63, 3.8) is 0 Å². The molecule has 0 saturated heterocycles. The summed E-state index contributed by atoms with van der Waals surface area (Å²) in [6.07, 6.45) is 3.48. The van der Waals surface area contributed by atoms with Gasteiger partial charge in [0.1, 0.15) is 5.69 Å². The van der Waals surface area contributed by atoms with Gasteiger partial charge in [0.2, 0.25) is 0 Å². The summed E-state index contributed by atoms with van der Waals surface area (Å²) in [5, 5.41) is 4.74. The van der Waals surface area contributed by atoms with Crippen molar-refractivity contribution in [2.45, 2.75) is 0 Å². The van der Waals surface area contributed by atoms with Crippen LogP contribution in [0.3, 0.4) is 0 Å². The first-order chi connectivity index (χ1) is 8.83. The normalized spacial score (nSPS) is 10.5. The van der Waals surface area contributed by atoms with Gasteiger partial charge >= 0.3 is 0 Å². The number of benzene rings is 1. The predicted octanol–water partition coefficient (Wildman–Crippen LogP) is 4.06. The highest BCUT2D eigenvalue weighted by atomic mass is 35.5. The summed E-state index contributed by atoms with van der Waals surface area (Å²) < 4.78 is 5.32. The second-order valence-corrected chi connectivity index (χ2v) is 4.26. The third-order valence-electron chi connectivity index (χ3n) is 2.60. The highest BCUT2D eigenvalue weighted by Gasteiger charge is 2.08. The second-order valence-electron chi connectivity index (χ2n) is 3.82. The lowest BCUT2D eigenvalue weighted by molar-refractivity contribution is 0.435. The third kappa shape index (κ3) is 2.13. The minimum atomic E-state index is 0.700. The van der Waals surface area contributed by atoms with Crippen molar-refractivity contribution in [3.8, 4) is 22.6 Å². The fourth-order valence-electron chi connectivity index (χ4n) is 1.68. The molecule has 2 aromatic heterocycles. The molecular weight excluding hydrogens is 248 g/mol. The van der Waals surface area contributed by atoms with Crippen LogP contribution in [-0.2, 0) is 0 Å². The van der Waals surface area contributed by atoms with Gasteiger partial charge in [0.25, 0.3) is 0 Å². The Hall–Kier alpha value is -2.13. The summed E-state index contributed by atoms with van der Waals surface area (Å²) >= 11 is 5.85. The first-order valence-electron chi connectivity index (χ1n) is 5.46. The van der Waals surface area contributed by atoms with E-state index in [9.17, 15) is 0 Å². The van der Waals surface area contributed by atoms with Gasteiger partial charge < -0.3 is 4.52 Å². The van der Waals surface area contributed by atoms with E-state index >= 15 is 0 Å². The third-order valence-corrected chi connectivity index (χ3v) is 2.85. The SMILES string of the molecule is Clc1ccc(-c2cc(-c3cccnc3)no2)cc1. The average Bonchev–Trinajstić information content (AvgIpc) is 2.90. The largest absolute Gasteiger partial charge is 0.356 e. The van der Waals surface area contributed by atoms with E-state index in [1.807, 2.05) is 42.5 Å². The zero-order chi connectivity index (χ0) is 12.4. The Morgan fingerprint density at radius 1 is 1.00 bits per heavy atom. The monoisotopic (exact) mass is 256 g/mol. The van der Waals surface area contributed by atoms with Gasteiger partial charge in [-0.15, -0.1) is 0 Å². The Morgan fingerprint density at radius 3 is 2.56 bits per heavy atom. The van der Waals surface area contributed by atoms with Gasteiger partial charge in [0, 0.05) is 34.6 Å². The van der Waals surface area contributed by atoms with Crippen LogP contribution in [0.4, 0.5) is 0 Å². The number of nitrogens with zero attached hydrogens (tertiary/aromatic N) is 2. The number of rotatable bonds is 2. The molecule has 3 aromatic rings. The van der Waals surface area contributed by atoms with Crippen LogP contribution in [0.15, 0.2) is 59.4 Å². The van der Waals surface area contributed by atoms with Crippen molar-refractivity contribution in [3.05, 3.63) is 59.9 Å². The molecule has 0 amide bonds. The van der Waals surface area contributed by atoms with Crippen molar-refractivity contribution in [2.75, 3.05) is 0 Å². The van der Waals surface area contributed by atoms with E-state index < -0.39 is 0 Å². The van der Waals surface area contributed by atoms with E-state index in [1.165, 1.54) is 0 Å². The lowest BCUT2D eigenvalue weighted by Gasteiger charge is -1.94. The standard InChI is InChI=1S/C14H9ClN2O/c15-12-5-3-10(4-6-12)14-8-13(17-18-14)11-2-1-7-16-9-11/h1-9H. The van der Waals surface area contributed by atoms with Crippen LogP contribution in [0.25, 0.3) is 22.6 Å². The van der Waals surface area contributed by atoms with Crippen LogP contribution in [0, 0.1) is 0 Å². The molecule has 0 bridgehead atoms. The molecule has 0 fully saturated rings. The Balaban J connectivity index is 1.97. The van der Waals surface area contributed by atoms with E-state index in [2.05, 4.69) is 10.1 Å². The minimum absolute atomic E-state index is 0.700. The van der Waals surface area contributed by atoms with E-state index in [1.54, 1.807) is 12.4 Å². The summed E-state index contributed by atoms with van der Waals surface area (Å²) in [4.78, 5) is 4.06. The lowest BCUT2D eigenvalue weighted by atomic mass is 10.1. The fourth-order valence-corrected chi connectivity index (χ4v) is 1.80. The molecule has 0 aliphatic carbocycles. The molecule has 0 saturated carbocycles. The number of hydrogen-bond acceptors (Lipinski definition) is 3. The predicted molar refractivity (Wildman–Crippen MR) is 70.2 cm³/mol. The molecule has 0 radical (unpaired) electrons. The molecule has 3 rings (SSSR count). The van der Waals surface area contributed by atoms with Crippen molar-refractivity contribution in [1.29, 1.82) is 0 Å². The van der Waals surface area contributed by atoms with E-state index in [0.717, 1.165) is 16.8 Å². The highest BCUT2D eigenvalue weighted by molar-refractivity contribution is 6.30. The quantitative estimate of drug-likeness (QED) is 0.694. The zero-order valence-electron chi connectivity index (χ0n) is 9.38. The molecule has 1 aromatic carbocycles. The van der Waals surface area contributed by atoms with Gasteiger partial charge in [-0.3, -0.25) is 4.98 Å². The van der Waals surface area contributed by atoms with Crippen molar-refractivity contribution in [2.24, 2.45) is 0 Å². The average molecular weight is 257 g/mol. The van der Waals surface area contributed by atoms with E-state index in [0.29, 0.717) is 10.8 Å². The van der Waals surface area contributed by atoms with Gasteiger partial charge in [0.05, 0.1) is 0 Å². The molecular formula is C14H9ClN2O. The fraction of sp³-hybridized carbons (Fsp3) is 0. The number of aromatic nitrogens is 2. The maximum atomic E-state index is 5.85. The molecule has 0 N–H and O–H groups in total. The first kappa shape index (κ1) is 11.0. The molecule has 0 spiro atoms. The first-order valence-corrected chi connectivity index (χ1v) is 5.84. The van der Waals surface area contributed by atoms with Gasteiger partial charge in [-0.1, -0.05) is 16.8 Å². The maximum Gasteiger partial charge on any atom is 0.167 e. The summed E-state index contributed by atoms with van der Waals surface area (Å²) in [5.41, 5.74) is 2.65. The van der Waals surface area contributed by atoms with Crippen molar-refractivity contribution >= 4 is 11.6 Å². The molecule has 2 heterocycles. The van der Waals surface area contributed by atoms with E-state index in [4.69, 9.17) is 16.1 Å². The van der Waals surface area contributed by atoms with Crippen LogP contribution < -0.4 is 0 Å². The van der Waals surface area contributed by atoms with Crippen molar-refractivity contribution < 1.29 is 4.52 Å². The summed E-state index contributed by atoms with van der Waals surface area (Å²) in [6, 6.07) is 13.1. The summed E-state index contributed by atoms with van der Waals surface area (Å²) in [7, 11) is 0. The number of pyridine rings is 1. The highest BCUT2D eigenvalue weighted by Crippen LogP contribution is 2.26. The molecule has 0 aliphatic heterocycles. The van der Waals surface area contributed by atoms with E-state index in [-0.39, 0.29) is 0 Å². The molecule has 18 heavy (non-hydrogen) atoms. The second kappa shape index (κ2) is 4.63. The molecule has 4 heteroatoms. The van der Waals surface area contributed by atoms with Gasteiger partial charge in [-0.25, -0.2) is 0 Å². The topological polar surface area (TPSA) is 38.9 Å². The number of halogens is 1. The van der Waals surface area contributed by atoms with Crippen molar-refractivity contribution in [1.82, 2.24) is 10.1 Å². The maximum absolute atomic E-state index is 5.85. The smallest absolute Gasteiger partial charge is 0.167 e. The van der Waals surface area contributed by atoms with Crippen LogP contribution in [0.5, 0.6) is 0 Å². The van der Waals surface area contributed by atoms with Gasteiger partial charge in [-0.05, 0) is 36.4 Å². The van der Waals surface area contributed by atoms with Gasteiger partial charge in [0.15, 0.2) is 5.76 Å². The van der Waals surface area contributed by atoms with Crippen LogP contribution in [0.1, 0.15) is 0 Å². The summed E-state index contributed by atoms with van der Waals surface area (Å²) in [5.74, 6) is 0.713. The molecule has 0 aliphatic rings. The Bertz CT molecular complexity index is 647. The zero-order valence-corrected chi connectivity index (χ0v) is 10.1. The minimum Gasteiger partial charge on any atom is -0.356 e. The Morgan fingerprint density at radius 2 is 1.83 bits per heavy atom. The van der Waals surface area contributed by atoms with Crippen LogP contribution in [-0.4, -0.2) is 10.1 Å². The van der Waals surface area contributed by atoms with Crippen LogP contribution >= 0.6 is 11.6 Å². The molecule has 3 nitrogen and oxygen atoms in total. The molecule has 0 atom stereocenters. The molecule has 0 unspecified atom stereocenters.